The van der Waals surface area contributed by atoms with Gasteiger partial charge in [0.15, 0.2) is 12.2 Å². The molecule has 0 saturated carbocycles. The van der Waals surface area contributed by atoms with E-state index in [9.17, 15) is 9.59 Å². The summed E-state index contributed by atoms with van der Waals surface area (Å²) in [7, 11) is 4.94. The van der Waals surface area contributed by atoms with Crippen molar-refractivity contribution in [3.05, 3.63) is 54.1 Å². The van der Waals surface area contributed by atoms with Crippen molar-refractivity contribution in [2.24, 2.45) is 4.99 Å². The van der Waals surface area contributed by atoms with Crippen LogP contribution in [0.5, 0.6) is 11.5 Å². The van der Waals surface area contributed by atoms with Crippen LogP contribution < -0.4 is 14.4 Å². The van der Waals surface area contributed by atoms with Gasteiger partial charge in [0.2, 0.25) is 5.96 Å². The molecule has 2 fully saturated rings. The van der Waals surface area contributed by atoms with Gasteiger partial charge in [0.05, 0.1) is 19.9 Å². The van der Waals surface area contributed by atoms with Crippen LogP contribution in [0.15, 0.2) is 53.5 Å². The number of ether oxygens (including phenoxy) is 2. The lowest BCUT2D eigenvalue weighted by Gasteiger charge is -2.40. The number of carbonyl (C=O) groups excluding carboxylic acids is 2. The van der Waals surface area contributed by atoms with Crippen LogP contribution in [0, 0.1) is 0 Å². The largest absolute Gasteiger partial charge is 0.497 e. The molecule has 0 aliphatic carbocycles. The van der Waals surface area contributed by atoms with Gasteiger partial charge in [0.1, 0.15) is 11.5 Å². The highest BCUT2D eigenvalue weighted by Crippen LogP contribution is 2.38. The van der Waals surface area contributed by atoms with Gasteiger partial charge >= 0.3 is 6.03 Å². The van der Waals surface area contributed by atoms with Crippen LogP contribution in [0.4, 0.5) is 10.5 Å². The van der Waals surface area contributed by atoms with Gasteiger partial charge in [-0.3, -0.25) is 9.69 Å². The predicted octanol–water partition coefficient (Wildman–Crippen LogP) is 2.03. The van der Waals surface area contributed by atoms with Crippen molar-refractivity contribution in [1.82, 2.24) is 14.7 Å². The van der Waals surface area contributed by atoms with Crippen molar-refractivity contribution in [3.8, 4) is 11.5 Å². The maximum atomic E-state index is 13.5. The molecule has 2 unspecified atom stereocenters. The zero-order chi connectivity index (χ0) is 23.1. The summed E-state index contributed by atoms with van der Waals surface area (Å²) in [6, 6.07) is 14.7. The standard InChI is InChI=1S/C24H27N5O4/c1-26-21-20(22(30)29(24(26)31)12-11-16-7-5-4-6-8-16)28-14-13-27(23(28)25-21)18-10-9-17(32-2)15-19(18)33-3/h4-10,15,20-21H,11-14H2,1-3H3. The number of imide groups is 1. The van der Waals surface area contributed by atoms with E-state index in [4.69, 9.17) is 14.5 Å². The number of benzene rings is 2. The van der Waals surface area contributed by atoms with Gasteiger partial charge < -0.3 is 24.2 Å². The third kappa shape index (κ3) is 3.44. The zero-order valence-corrected chi connectivity index (χ0v) is 19.0. The molecule has 0 spiro atoms. The van der Waals surface area contributed by atoms with Gasteiger partial charge in [0, 0.05) is 32.7 Å². The molecule has 9 heteroatoms. The van der Waals surface area contributed by atoms with E-state index in [0.717, 1.165) is 11.3 Å². The Morgan fingerprint density at radius 2 is 1.82 bits per heavy atom. The van der Waals surface area contributed by atoms with E-state index in [2.05, 4.69) is 0 Å². The number of carbonyl (C=O) groups is 2. The van der Waals surface area contributed by atoms with Crippen LogP contribution in [0.3, 0.4) is 0 Å². The molecule has 0 aromatic heterocycles. The first kappa shape index (κ1) is 21.1. The highest BCUT2D eigenvalue weighted by atomic mass is 16.5. The van der Waals surface area contributed by atoms with Crippen LogP contribution >= 0.6 is 0 Å². The molecule has 2 atom stereocenters. The Kier molecular flexibility index (Phi) is 5.32. The fourth-order valence-electron chi connectivity index (χ4n) is 4.76. The molecular weight excluding hydrogens is 422 g/mol. The van der Waals surface area contributed by atoms with E-state index < -0.39 is 12.2 Å². The molecule has 3 aliphatic heterocycles. The van der Waals surface area contributed by atoms with Crippen LogP contribution in [0.25, 0.3) is 0 Å². The third-order valence-corrected chi connectivity index (χ3v) is 6.52. The van der Waals surface area contributed by atoms with Crippen LogP contribution in [0.2, 0.25) is 0 Å². The smallest absolute Gasteiger partial charge is 0.328 e. The van der Waals surface area contributed by atoms with Crippen LogP contribution in [-0.2, 0) is 11.2 Å². The number of guanidine groups is 1. The average molecular weight is 450 g/mol. The molecule has 5 rings (SSSR count). The minimum absolute atomic E-state index is 0.193. The van der Waals surface area contributed by atoms with Crippen molar-refractivity contribution < 1.29 is 19.1 Å². The minimum Gasteiger partial charge on any atom is -0.497 e. The van der Waals surface area contributed by atoms with E-state index in [0.29, 0.717) is 43.5 Å². The molecule has 3 aliphatic rings. The third-order valence-electron chi connectivity index (χ3n) is 6.52. The molecule has 3 heterocycles. The summed E-state index contributed by atoms with van der Waals surface area (Å²) < 4.78 is 10.9. The molecule has 33 heavy (non-hydrogen) atoms. The number of amides is 3. The Hall–Kier alpha value is -3.75. The van der Waals surface area contributed by atoms with Crippen LogP contribution in [0.1, 0.15) is 5.56 Å². The number of urea groups is 1. The second-order valence-corrected chi connectivity index (χ2v) is 8.29. The summed E-state index contributed by atoms with van der Waals surface area (Å²) in [4.78, 5) is 38.3. The Balaban J connectivity index is 1.40. The lowest BCUT2D eigenvalue weighted by atomic mass is 10.1. The fourth-order valence-corrected chi connectivity index (χ4v) is 4.76. The molecule has 0 bridgehead atoms. The first-order valence-electron chi connectivity index (χ1n) is 11.0. The number of methoxy groups -OCH3 is 2. The minimum atomic E-state index is -0.542. The van der Waals surface area contributed by atoms with Gasteiger partial charge in [-0.05, 0) is 24.1 Å². The zero-order valence-electron chi connectivity index (χ0n) is 19.0. The molecule has 0 radical (unpaired) electrons. The highest BCUT2D eigenvalue weighted by Gasteiger charge is 2.54. The number of rotatable bonds is 6. The monoisotopic (exact) mass is 449 g/mol. The van der Waals surface area contributed by atoms with Gasteiger partial charge in [-0.25, -0.2) is 9.79 Å². The summed E-state index contributed by atoms with van der Waals surface area (Å²) in [6.07, 6.45) is 0.0758. The Labute approximate surface area is 192 Å². The van der Waals surface area contributed by atoms with Crippen molar-refractivity contribution in [1.29, 1.82) is 0 Å². The maximum Gasteiger partial charge on any atom is 0.328 e. The van der Waals surface area contributed by atoms with E-state index in [-0.39, 0.29) is 11.9 Å². The first-order valence-corrected chi connectivity index (χ1v) is 11.0. The number of anilines is 1. The van der Waals surface area contributed by atoms with E-state index in [1.54, 1.807) is 26.2 Å². The Bertz CT molecular complexity index is 1110. The molecule has 0 N–H and O–H groups in total. The fraction of sp³-hybridized carbons (Fsp3) is 0.375. The molecular formula is C24H27N5O4. The summed E-state index contributed by atoms with van der Waals surface area (Å²) in [5.74, 6) is 1.85. The van der Waals surface area contributed by atoms with Gasteiger partial charge in [0.25, 0.3) is 5.91 Å². The maximum absolute atomic E-state index is 13.5. The SMILES string of the molecule is COc1ccc(N2CCN3C2=NC2C3C(=O)N(CCc3ccccc3)C(=O)N2C)c(OC)c1. The average Bonchev–Trinajstić information content (AvgIpc) is 3.42. The van der Waals surface area contributed by atoms with Gasteiger partial charge in [-0.1, -0.05) is 30.3 Å². The highest BCUT2D eigenvalue weighted by molar-refractivity contribution is 6.08. The lowest BCUT2D eigenvalue weighted by Crippen LogP contribution is -2.65. The predicted molar refractivity (Wildman–Crippen MR) is 124 cm³/mol. The quantitative estimate of drug-likeness (QED) is 0.672. The molecule has 2 saturated heterocycles. The van der Waals surface area contributed by atoms with E-state index in [1.165, 1.54) is 4.90 Å². The molecule has 2 aromatic carbocycles. The summed E-state index contributed by atoms with van der Waals surface area (Å²) in [6.45, 7) is 1.64. The molecule has 172 valence electrons. The van der Waals surface area contributed by atoms with E-state index >= 15 is 0 Å². The van der Waals surface area contributed by atoms with Crippen molar-refractivity contribution in [2.45, 2.75) is 18.6 Å². The Morgan fingerprint density at radius 1 is 1.03 bits per heavy atom. The van der Waals surface area contributed by atoms with E-state index in [1.807, 2.05) is 58.3 Å². The number of nitrogens with zero attached hydrogens (tertiary/aromatic N) is 5. The number of likely N-dealkylation sites (N-methyl/N-ethyl adjacent to an activating group) is 1. The van der Waals surface area contributed by atoms with Crippen LogP contribution in [-0.4, -0.2) is 85.7 Å². The second kappa shape index (κ2) is 8.31. The molecule has 2 aromatic rings. The van der Waals surface area contributed by atoms with Crippen molar-refractivity contribution >= 4 is 23.6 Å². The number of fused-ring (bicyclic) bond motifs is 3. The van der Waals surface area contributed by atoms with Crippen molar-refractivity contribution in [2.75, 3.05) is 45.8 Å². The van der Waals surface area contributed by atoms with Crippen molar-refractivity contribution in [3.63, 3.8) is 0 Å². The molecule has 3 amide bonds. The molecule has 9 nitrogen and oxygen atoms in total. The number of hydrogen-bond donors (Lipinski definition) is 0. The van der Waals surface area contributed by atoms with Gasteiger partial charge in [-0.2, -0.15) is 0 Å². The summed E-state index contributed by atoms with van der Waals surface area (Å²) >= 11 is 0. The number of hydrogen-bond acceptors (Lipinski definition) is 7. The number of aliphatic imine (C=N–C) groups is 1. The Morgan fingerprint density at radius 3 is 2.55 bits per heavy atom. The second-order valence-electron chi connectivity index (χ2n) is 8.29. The summed E-state index contributed by atoms with van der Waals surface area (Å²) in [5.41, 5.74) is 1.94. The topological polar surface area (TPSA) is 77.9 Å². The summed E-state index contributed by atoms with van der Waals surface area (Å²) in [5, 5.41) is 0. The lowest BCUT2D eigenvalue weighted by molar-refractivity contribution is -0.137. The van der Waals surface area contributed by atoms with Gasteiger partial charge in [-0.15, -0.1) is 0 Å². The normalized spacial score (nSPS) is 21.8. The first-order chi connectivity index (χ1) is 16.0.